The van der Waals surface area contributed by atoms with Gasteiger partial charge in [-0.25, -0.2) is 0 Å². The molecule has 1 saturated heterocycles. The van der Waals surface area contributed by atoms with Crippen molar-refractivity contribution in [1.29, 1.82) is 5.26 Å². The van der Waals surface area contributed by atoms with E-state index < -0.39 is 0 Å². The van der Waals surface area contributed by atoms with Crippen LogP contribution in [0.4, 0.5) is 0 Å². The number of nitrogens with one attached hydrogen (secondary N) is 1. The van der Waals surface area contributed by atoms with Crippen molar-refractivity contribution in [3.63, 3.8) is 0 Å². The zero-order valence-corrected chi connectivity index (χ0v) is 10.6. The third-order valence-electron chi connectivity index (χ3n) is 2.74. The molecule has 0 saturated carbocycles. The Morgan fingerprint density at radius 1 is 1.50 bits per heavy atom. The molecule has 0 spiro atoms. The van der Waals surface area contributed by atoms with Gasteiger partial charge in [0.25, 0.3) is 0 Å². The molecule has 4 nitrogen and oxygen atoms in total. The summed E-state index contributed by atoms with van der Waals surface area (Å²) in [5.74, 6) is 0.611. The first-order chi connectivity index (χ1) is 7.61. The highest BCUT2D eigenvalue weighted by Crippen LogP contribution is 2.07. The summed E-state index contributed by atoms with van der Waals surface area (Å²) in [6.07, 6.45) is -0.237. The fraction of sp³-hybridized carbons (Fsp3) is 0.917. The summed E-state index contributed by atoms with van der Waals surface area (Å²) in [5.41, 5.74) is 0. The van der Waals surface area contributed by atoms with Crippen LogP contribution in [0.25, 0.3) is 0 Å². The first-order valence-corrected chi connectivity index (χ1v) is 6.08. The predicted molar refractivity (Wildman–Crippen MR) is 64.1 cm³/mol. The maximum Gasteiger partial charge on any atom is 0.156 e. The van der Waals surface area contributed by atoms with E-state index in [1.807, 2.05) is 0 Å². The van der Waals surface area contributed by atoms with Crippen LogP contribution < -0.4 is 5.32 Å². The normalized spacial score (nSPS) is 24.3. The van der Waals surface area contributed by atoms with Crippen molar-refractivity contribution in [3.05, 3.63) is 0 Å². The minimum Gasteiger partial charge on any atom is -0.361 e. The van der Waals surface area contributed by atoms with Crippen LogP contribution in [-0.4, -0.2) is 49.8 Å². The Balaban J connectivity index is 2.22. The van der Waals surface area contributed by atoms with Gasteiger partial charge in [0.1, 0.15) is 0 Å². The van der Waals surface area contributed by atoms with Crippen molar-refractivity contribution in [2.45, 2.75) is 32.9 Å². The predicted octanol–water partition coefficient (Wildman–Crippen LogP) is 0.845. The van der Waals surface area contributed by atoms with Gasteiger partial charge in [0.05, 0.1) is 12.7 Å². The van der Waals surface area contributed by atoms with E-state index in [2.05, 4.69) is 37.1 Å². The van der Waals surface area contributed by atoms with Crippen LogP contribution in [0.3, 0.4) is 0 Å². The van der Waals surface area contributed by atoms with Crippen molar-refractivity contribution in [2.75, 3.05) is 32.8 Å². The highest BCUT2D eigenvalue weighted by atomic mass is 16.5. The molecule has 92 valence electrons. The highest BCUT2D eigenvalue weighted by Gasteiger charge is 2.20. The lowest BCUT2D eigenvalue weighted by Gasteiger charge is -2.31. The summed E-state index contributed by atoms with van der Waals surface area (Å²) in [4.78, 5) is 2.32. The quantitative estimate of drug-likeness (QED) is 0.753. The maximum atomic E-state index is 8.81. The van der Waals surface area contributed by atoms with Gasteiger partial charge in [-0.2, -0.15) is 5.26 Å². The van der Waals surface area contributed by atoms with Gasteiger partial charge in [-0.05, 0) is 12.5 Å². The van der Waals surface area contributed by atoms with E-state index in [1.54, 1.807) is 0 Å². The molecule has 0 bridgehead atoms. The maximum absolute atomic E-state index is 8.81. The average molecular weight is 225 g/mol. The summed E-state index contributed by atoms with van der Waals surface area (Å²) in [7, 11) is 0. The highest BCUT2D eigenvalue weighted by molar-refractivity contribution is 4.89. The van der Waals surface area contributed by atoms with Crippen molar-refractivity contribution in [1.82, 2.24) is 10.2 Å². The van der Waals surface area contributed by atoms with E-state index in [-0.39, 0.29) is 6.10 Å². The van der Waals surface area contributed by atoms with E-state index in [4.69, 9.17) is 10.00 Å². The van der Waals surface area contributed by atoms with Crippen LogP contribution in [0.2, 0.25) is 0 Å². The van der Waals surface area contributed by atoms with Gasteiger partial charge in [0.2, 0.25) is 0 Å². The minimum atomic E-state index is -0.237. The number of ether oxygens (including phenoxy) is 1. The molecule has 0 amide bonds. The molecule has 0 aromatic heterocycles. The number of nitrogens with zero attached hydrogens (tertiary/aromatic N) is 2. The monoisotopic (exact) mass is 225 g/mol. The van der Waals surface area contributed by atoms with Crippen LogP contribution in [-0.2, 0) is 4.74 Å². The summed E-state index contributed by atoms with van der Waals surface area (Å²) in [5, 5.41) is 12.2. The molecule has 1 aliphatic rings. The van der Waals surface area contributed by atoms with Gasteiger partial charge >= 0.3 is 0 Å². The first kappa shape index (κ1) is 13.4. The molecule has 2 unspecified atom stereocenters. The van der Waals surface area contributed by atoms with E-state index >= 15 is 0 Å². The third-order valence-corrected chi connectivity index (χ3v) is 2.74. The zero-order chi connectivity index (χ0) is 12.0. The molecule has 4 heteroatoms. The van der Waals surface area contributed by atoms with Crippen LogP contribution in [0.15, 0.2) is 0 Å². The molecule has 16 heavy (non-hydrogen) atoms. The molecular weight excluding hydrogens is 202 g/mol. The van der Waals surface area contributed by atoms with Crippen molar-refractivity contribution >= 4 is 0 Å². The Kier molecular flexibility index (Phi) is 5.75. The van der Waals surface area contributed by atoms with Gasteiger partial charge in [-0.15, -0.1) is 0 Å². The third kappa shape index (κ3) is 4.93. The number of rotatable bonds is 5. The fourth-order valence-corrected chi connectivity index (χ4v) is 1.89. The minimum absolute atomic E-state index is 0.237. The summed E-state index contributed by atoms with van der Waals surface area (Å²) < 4.78 is 5.32. The molecule has 1 heterocycles. The molecule has 2 atom stereocenters. The molecule has 1 aliphatic heterocycles. The van der Waals surface area contributed by atoms with Gasteiger partial charge in [-0.1, -0.05) is 20.8 Å². The van der Waals surface area contributed by atoms with Crippen LogP contribution in [0, 0.1) is 17.2 Å². The number of hydrogen-bond donors (Lipinski definition) is 1. The van der Waals surface area contributed by atoms with Crippen LogP contribution in [0.1, 0.15) is 20.8 Å². The topological polar surface area (TPSA) is 48.3 Å². The molecule has 1 rings (SSSR count). The Bertz CT molecular complexity index is 237. The SMILES string of the molecule is CC(CNC(C)C)CN1CCOC(C#N)C1. The second kappa shape index (κ2) is 6.85. The Morgan fingerprint density at radius 3 is 2.88 bits per heavy atom. The van der Waals surface area contributed by atoms with Gasteiger partial charge in [0, 0.05) is 25.7 Å². The van der Waals surface area contributed by atoms with E-state index in [1.165, 1.54) is 0 Å². The second-order valence-electron chi connectivity index (χ2n) is 4.92. The smallest absolute Gasteiger partial charge is 0.156 e. The summed E-state index contributed by atoms with van der Waals surface area (Å²) in [6, 6.07) is 2.72. The fourth-order valence-electron chi connectivity index (χ4n) is 1.89. The second-order valence-corrected chi connectivity index (χ2v) is 4.92. The molecule has 0 aliphatic carbocycles. The number of nitriles is 1. The molecule has 0 aromatic rings. The van der Waals surface area contributed by atoms with E-state index in [9.17, 15) is 0 Å². The van der Waals surface area contributed by atoms with Gasteiger partial charge in [-0.3, -0.25) is 4.90 Å². The standard InChI is InChI=1S/C12H23N3O/c1-10(2)14-7-11(3)8-15-4-5-16-12(6-13)9-15/h10-12,14H,4-5,7-9H2,1-3H3. The van der Waals surface area contributed by atoms with Gasteiger partial charge in [0.15, 0.2) is 6.10 Å². The Hall–Kier alpha value is -0.630. The van der Waals surface area contributed by atoms with Crippen LogP contribution in [0.5, 0.6) is 0 Å². The summed E-state index contributed by atoms with van der Waals surface area (Å²) in [6.45, 7) is 11.0. The average Bonchev–Trinajstić information content (AvgIpc) is 2.26. The van der Waals surface area contributed by atoms with E-state index in [0.717, 1.165) is 26.2 Å². The first-order valence-electron chi connectivity index (χ1n) is 6.08. The Morgan fingerprint density at radius 2 is 2.25 bits per heavy atom. The lowest BCUT2D eigenvalue weighted by molar-refractivity contribution is -0.00418. The van der Waals surface area contributed by atoms with Crippen molar-refractivity contribution in [3.8, 4) is 6.07 Å². The molecule has 0 radical (unpaired) electrons. The number of morpholine rings is 1. The lowest BCUT2D eigenvalue weighted by atomic mass is 10.1. The molecular formula is C12H23N3O. The lowest BCUT2D eigenvalue weighted by Crippen LogP contribution is -2.45. The van der Waals surface area contributed by atoms with Crippen LogP contribution >= 0.6 is 0 Å². The molecule has 1 fully saturated rings. The van der Waals surface area contributed by atoms with Crippen molar-refractivity contribution in [2.24, 2.45) is 5.92 Å². The molecule has 0 aromatic carbocycles. The van der Waals surface area contributed by atoms with Crippen molar-refractivity contribution < 1.29 is 4.74 Å². The molecule has 1 N–H and O–H groups in total. The Labute approximate surface area is 98.6 Å². The van der Waals surface area contributed by atoms with Gasteiger partial charge < -0.3 is 10.1 Å². The van der Waals surface area contributed by atoms with E-state index in [0.29, 0.717) is 18.6 Å². The summed E-state index contributed by atoms with van der Waals surface area (Å²) >= 11 is 0. The largest absolute Gasteiger partial charge is 0.361 e. The number of hydrogen-bond acceptors (Lipinski definition) is 4. The zero-order valence-electron chi connectivity index (χ0n) is 10.6.